The van der Waals surface area contributed by atoms with Crippen LogP contribution in [0.1, 0.15) is 39.2 Å². The Kier molecular flexibility index (Phi) is 8.30. The van der Waals surface area contributed by atoms with Crippen LogP contribution in [0.5, 0.6) is 0 Å². The zero-order chi connectivity index (χ0) is 22.1. The van der Waals surface area contributed by atoms with Gasteiger partial charge in [0.15, 0.2) is 12.1 Å². The summed E-state index contributed by atoms with van der Waals surface area (Å²) in [6, 6.07) is 3.92. The molecule has 0 bridgehead atoms. The van der Waals surface area contributed by atoms with Crippen molar-refractivity contribution in [1.82, 2.24) is 15.2 Å². The highest BCUT2D eigenvalue weighted by atomic mass is 16.6. The minimum atomic E-state index is -0.498. The third kappa shape index (κ3) is 7.44. The van der Waals surface area contributed by atoms with Gasteiger partial charge in [-0.1, -0.05) is 0 Å². The van der Waals surface area contributed by atoms with Crippen LogP contribution in [-0.2, 0) is 9.53 Å². The predicted molar refractivity (Wildman–Crippen MR) is 115 cm³/mol. The second-order valence-corrected chi connectivity index (χ2v) is 8.28. The second-order valence-electron chi connectivity index (χ2n) is 8.28. The van der Waals surface area contributed by atoms with Gasteiger partial charge in [0.1, 0.15) is 11.7 Å². The highest BCUT2D eigenvalue weighted by molar-refractivity contribution is 6.13. The van der Waals surface area contributed by atoms with Gasteiger partial charge in [0.2, 0.25) is 0 Å². The normalized spacial score (nSPS) is 15.6. The second kappa shape index (κ2) is 10.7. The summed E-state index contributed by atoms with van der Waals surface area (Å²) in [5, 5.41) is 12.1. The topological polar surface area (TPSA) is 111 Å². The van der Waals surface area contributed by atoms with Crippen LogP contribution in [0.15, 0.2) is 17.3 Å². The fourth-order valence-electron chi connectivity index (χ4n) is 3.18. The van der Waals surface area contributed by atoms with E-state index in [-0.39, 0.29) is 12.1 Å². The van der Waals surface area contributed by atoms with E-state index in [9.17, 15) is 9.59 Å². The molecule has 0 unspecified atom stereocenters. The molecule has 0 aromatic carbocycles. The first-order valence-electron chi connectivity index (χ1n) is 10.0. The molecule has 162 valence electrons. The molecule has 1 fully saturated rings. The van der Waals surface area contributed by atoms with Gasteiger partial charge >= 0.3 is 6.09 Å². The van der Waals surface area contributed by atoms with Gasteiger partial charge in [-0.2, -0.15) is 5.26 Å². The van der Waals surface area contributed by atoms with Crippen molar-refractivity contribution in [2.75, 3.05) is 38.1 Å². The summed E-state index contributed by atoms with van der Waals surface area (Å²) in [7, 11) is 1.91. The van der Waals surface area contributed by atoms with Crippen molar-refractivity contribution in [1.29, 1.82) is 5.26 Å². The maximum absolute atomic E-state index is 11.9. The molecule has 1 aliphatic heterocycles. The maximum atomic E-state index is 11.9. The number of carbonyl (C=O) groups excluding carboxylic acids is 2. The van der Waals surface area contributed by atoms with Crippen molar-refractivity contribution < 1.29 is 14.3 Å². The summed E-state index contributed by atoms with van der Waals surface area (Å²) in [4.78, 5) is 35.1. The molecule has 0 saturated carbocycles. The molecular weight excluding hydrogens is 384 g/mol. The number of nitriles is 1. The summed E-state index contributed by atoms with van der Waals surface area (Å²) in [6.07, 6.45) is 4.55. The largest absolute Gasteiger partial charge is 0.444 e. The Morgan fingerprint density at radius 2 is 2.17 bits per heavy atom. The number of likely N-dealkylation sites (N-methyl/N-ethyl adjacent to an activating group) is 1. The first-order chi connectivity index (χ1) is 14.2. The summed E-state index contributed by atoms with van der Waals surface area (Å²) >= 11 is 0. The number of aliphatic imine (C=N–C) groups is 1. The van der Waals surface area contributed by atoms with E-state index in [2.05, 4.69) is 26.3 Å². The van der Waals surface area contributed by atoms with Crippen LogP contribution in [0, 0.1) is 11.3 Å². The number of piperidine rings is 1. The van der Waals surface area contributed by atoms with E-state index < -0.39 is 5.60 Å². The molecule has 1 aromatic heterocycles. The minimum absolute atomic E-state index is 0.120. The van der Waals surface area contributed by atoms with Crippen LogP contribution >= 0.6 is 0 Å². The van der Waals surface area contributed by atoms with Crippen molar-refractivity contribution in [2.45, 2.75) is 45.3 Å². The number of rotatable bonds is 7. The summed E-state index contributed by atoms with van der Waals surface area (Å²) in [5.74, 6) is 0.406. The van der Waals surface area contributed by atoms with Gasteiger partial charge in [-0.15, -0.1) is 0 Å². The Morgan fingerprint density at radius 1 is 1.47 bits per heavy atom. The van der Waals surface area contributed by atoms with E-state index in [0.29, 0.717) is 29.9 Å². The van der Waals surface area contributed by atoms with E-state index >= 15 is 0 Å². The fourth-order valence-corrected chi connectivity index (χ4v) is 3.18. The number of amides is 1. The predicted octanol–water partition coefficient (Wildman–Crippen LogP) is 2.28. The number of carbonyl (C=O) groups is 2. The molecular formula is C21H30N6O3. The lowest BCUT2D eigenvalue weighted by Crippen LogP contribution is -2.47. The number of nitrogens with zero attached hydrogens (tertiary/aromatic N) is 5. The summed E-state index contributed by atoms with van der Waals surface area (Å²) in [6.45, 7) is 8.84. The number of nitrogens with one attached hydrogen (secondary N) is 1. The number of aromatic nitrogens is 1. The number of hydrogen-bond acceptors (Lipinski definition) is 8. The van der Waals surface area contributed by atoms with Crippen LogP contribution in [0.4, 0.5) is 16.3 Å². The average Bonchev–Trinajstić information content (AvgIpc) is 2.70. The van der Waals surface area contributed by atoms with Gasteiger partial charge in [0.05, 0.1) is 17.5 Å². The molecule has 0 spiro atoms. The molecule has 2 heterocycles. The van der Waals surface area contributed by atoms with Gasteiger partial charge in [-0.05, 0) is 39.7 Å². The standard InChI is InChI=1S/C21H30N6O3/c1-21(2,3)30-20(29)25-17-5-8-27(9-6-17)11-10-26(4)18-13-16(14-22)15-24-19(18)23-7-12-28/h7,12-13,15,17H,5-6,8-11H2,1-4H3,(H,25,29)/b23-7-. The average molecular weight is 415 g/mol. The first kappa shape index (κ1) is 23.3. The molecule has 30 heavy (non-hydrogen) atoms. The molecule has 2 rings (SSSR count). The van der Waals surface area contributed by atoms with Crippen LogP contribution in [0.2, 0.25) is 0 Å². The van der Waals surface area contributed by atoms with Crippen molar-refractivity contribution in [3.8, 4) is 6.07 Å². The van der Waals surface area contributed by atoms with Crippen LogP contribution in [0.3, 0.4) is 0 Å². The highest BCUT2D eigenvalue weighted by Gasteiger charge is 2.23. The molecule has 0 radical (unpaired) electrons. The van der Waals surface area contributed by atoms with E-state index in [0.717, 1.165) is 38.7 Å². The van der Waals surface area contributed by atoms with Gasteiger partial charge in [0, 0.05) is 45.5 Å². The Bertz CT molecular complexity index is 804. The zero-order valence-electron chi connectivity index (χ0n) is 18.1. The molecule has 1 aromatic rings. The fraction of sp³-hybridized carbons (Fsp3) is 0.571. The van der Waals surface area contributed by atoms with E-state index in [1.165, 1.54) is 6.20 Å². The van der Waals surface area contributed by atoms with Crippen molar-refractivity contribution in [3.63, 3.8) is 0 Å². The lowest BCUT2D eigenvalue weighted by molar-refractivity contribution is -0.102. The molecule has 9 heteroatoms. The Hall–Kier alpha value is -2.99. The number of aldehydes is 1. The molecule has 1 amide bonds. The maximum Gasteiger partial charge on any atom is 0.407 e. The van der Waals surface area contributed by atoms with Gasteiger partial charge < -0.3 is 19.9 Å². The summed E-state index contributed by atoms with van der Waals surface area (Å²) in [5.41, 5.74) is 0.645. The van der Waals surface area contributed by atoms with E-state index in [1.54, 1.807) is 6.07 Å². The monoisotopic (exact) mass is 414 g/mol. The minimum Gasteiger partial charge on any atom is -0.444 e. The number of ether oxygens (including phenoxy) is 1. The first-order valence-corrected chi connectivity index (χ1v) is 10.0. The molecule has 1 N–H and O–H groups in total. The van der Waals surface area contributed by atoms with E-state index in [4.69, 9.17) is 10.00 Å². The number of likely N-dealkylation sites (tertiary alicyclic amines) is 1. The van der Waals surface area contributed by atoms with Crippen LogP contribution in [-0.4, -0.2) is 73.3 Å². The Morgan fingerprint density at radius 3 is 2.77 bits per heavy atom. The van der Waals surface area contributed by atoms with Crippen molar-refractivity contribution in [3.05, 3.63) is 17.8 Å². The number of hydrogen-bond donors (Lipinski definition) is 1. The molecule has 0 aliphatic carbocycles. The van der Waals surface area contributed by atoms with E-state index in [1.807, 2.05) is 32.7 Å². The highest BCUT2D eigenvalue weighted by Crippen LogP contribution is 2.26. The zero-order valence-corrected chi connectivity index (χ0v) is 18.1. The lowest BCUT2D eigenvalue weighted by Gasteiger charge is -2.34. The van der Waals surface area contributed by atoms with Crippen LogP contribution in [0.25, 0.3) is 0 Å². The third-order valence-electron chi connectivity index (χ3n) is 4.71. The third-order valence-corrected chi connectivity index (χ3v) is 4.71. The number of pyridine rings is 1. The Labute approximate surface area is 177 Å². The Balaban J connectivity index is 1.86. The number of alkyl carbamates (subject to hydrolysis) is 1. The molecule has 0 atom stereocenters. The number of anilines is 1. The lowest BCUT2D eigenvalue weighted by atomic mass is 10.1. The molecule has 9 nitrogen and oxygen atoms in total. The van der Waals surface area contributed by atoms with Gasteiger partial charge in [-0.25, -0.2) is 14.8 Å². The summed E-state index contributed by atoms with van der Waals surface area (Å²) < 4.78 is 5.32. The van der Waals surface area contributed by atoms with Crippen molar-refractivity contribution in [2.24, 2.45) is 4.99 Å². The molecule has 1 aliphatic rings. The van der Waals surface area contributed by atoms with Gasteiger partial charge in [-0.3, -0.25) is 4.79 Å². The van der Waals surface area contributed by atoms with Gasteiger partial charge in [0.25, 0.3) is 0 Å². The van der Waals surface area contributed by atoms with Crippen molar-refractivity contribution >= 4 is 30.1 Å². The quantitative estimate of drug-likeness (QED) is 0.538. The van der Waals surface area contributed by atoms with Crippen LogP contribution < -0.4 is 10.2 Å². The molecule has 1 saturated heterocycles. The SMILES string of the molecule is CN(CCN1CCC(NC(=O)OC(C)(C)C)CC1)c1cc(C#N)cnc1/N=C\C=O. The smallest absolute Gasteiger partial charge is 0.407 e.